The van der Waals surface area contributed by atoms with Crippen molar-refractivity contribution in [3.8, 4) is 11.3 Å². The van der Waals surface area contributed by atoms with Crippen molar-refractivity contribution in [2.24, 2.45) is 13.0 Å². The molecule has 150 valence electrons. The zero-order valence-corrected chi connectivity index (χ0v) is 17.3. The molecule has 0 aliphatic carbocycles. The highest BCUT2D eigenvalue weighted by Crippen LogP contribution is 2.30. The molecule has 0 unspecified atom stereocenters. The van der Waals surface area contributed by atoms with Crippen LogP contribution in [0.3, 0.4) is 0 Å². The number of hydrogen-bond donors (Lipinski definition) is 1. The normalized spacial score (nSPS) is 16.6. The van der Waals surface area contributed by atoms with Crippen molar-refractivity contribution in [2.75, 3.05) is 23.3 Å². The van der Waals surface area contributed by atoms with Crippen LogP contribution in [-0.2, 0) is 11.8 Å². The van der Waals surface area contributed by atoms with Gasteiger partial charge in [-0.15, -0.1) is 11.3 Å². The number of piperidine rings is 1. The van der Waals surface area contributed by atoms with Gasteiger partial charge < -0.3 is 10.2 Å². The van der Waals surface area contributed by atoms with Gasteiger partial charge in [0.2, 0.25) is 5.91 Å². The second kappa shape index (κ2) is 8.16. The predicted molar refractivity (Wildman–Crippen MR) is 115 cm³/mol. The first-order valence-electron chi connectivity index (χ1n) is 9.63. The van der Waals surface area contributed by atoms with E-state index in [0.29, 0.717) is 6.54 Å². The summed E-state index contributed by atoms with van der Waals surface area (Å²) in [5.41, 5.74) is 2.44. The molecule has 29 heavy (non-hydrogen) atoms. The summed E-state index contributed by atoms with van der Waals surface area (Å²) >= 11 is 1.59. The number of hydrogen-bond acceptors (Lipinski definition) is 6. The molecule has 1 atom stereocenters. The highest BCUT2D eigenvalue weighted by atomic mass is 32.1. The summed E-state index contributed by atoms with van der Waals surface area (Å²) in [4.78, 5) is 31.2. The van der Waals surface area contributed by atoms with E-state index in [1.165, 1.54) is 10.7 Å². The lowest BCUT2D eigenvalue weighted by Gasteiger charge is -2.32. The molecule has 0 radical (unpaired) electrons. The Balaban J connectivity index is 1.50. The number of thiazole rings is 1. The van der Waals surface area contributed by atoms with E-state index >= 15 is 0 Å². The first kappa shape index (κ1) is 19.3. The standard InChI is InChI=1S/C21H23N5O2S/c1-14-22-18(13-29-14)16-7-3-4-8-17(16)23-21(28)15-6-5-11-26(12-15)19-9-10-20(27)25(2)24-19/h3-4,7-10,13,15H,5-6,11-12H2,1-2H3,(H,23,28)/t15-/m0/s1. The maximum absolute atomic E-state index is 13.0. The topological polar surface area (TPSA) is 80.1 Å². The molecule has 1 amide bonds. The highest BCUT2D eigenvalue weighted by molar-refractivity contribution is 7.09. The number of carbonyl (C=O) groups is 1. The zero-order chi connectivity index (χ0) is 20.4. The first-order chi connectivity index (χ1) is 14.0. The fourth-order valence-corrected chi connectivity index (χ4v) is 4.21. The molecule has 1 aromatic carbocycles. The zero-order valence-electron chi connectivity index (χ0n) is 16.5. The first-order valence-corrected chi connectivity index (χ1v) is 10.5. The van der Waals surface area contributed by atoms with Crippen LogP contribution in [-0.4, -0.2) is 33.8 Å². The fourth-order valence-electron chi connectivity index (χ4n) is 3.60. The second-order valence-electron chi connectivity index (χ2n) is 7.23. The molecule has 1 N–H and O–H groups in total. The molecule has 4 rings (SSSR count). The molecule has 8 heteroatoms. The number of nitrogens with one attached hydrogen (secondary N) is 1. The minimum absolute atomic E-state index is 0.000999. The molecule has 1 saturated heterocycles. The summed E-state index contributed by atoms with van der Waals surface area (Å²) in [7, 11) is 1.64. The number of para-hydroxylation sites is 1. The third-order valence-electron chi connectivity index (χ3n) is 5.14. The van der Waals surface area contributed by atoms with Crippen molar-refractivity contribution >= 4 is 28.7 Å². The van der Waals surface area contributed by atoms with E-state index in [4.69, 9.17) is 0 Å². The average Bonchev–Trinajstić information content (AvgIpc) is 3.16. The van der Waals surface area contributed by atoms with E-state index in [1.807, 2.05) is 36.6 Å². The molecular formula is C21H23N5O2S. The third kappa shape index (κ3) is 4.22. The fraction of sp³-hybridized carbons (Fsp3) is 0.333. The van der Waals surface area contributed by atoms with Gasteiger partial charge in [0.1, 0.15) is 5.82 Å². The van der Waals surface area contributed by atoms with Crippen molar-refractivity contribution in [1.82, 2.24) is 14.8 Å². The summed E-state index contributed by atoms with van der Waals surface area (Å²) in [6, 6.07) is 11.0. The van der Waals surface area contributed by atoms with E-state index in [-0.39, 0.29) is 17.4 Å². The van der Waals surface area contributed by atoms with E-state index in [0.717, 1.165) is 47.2 Å². The molecule has 3 aromatic rings. The Hall–Kier alpha value is -3.00. The monoisotopic (exact) mass is 409 g/mol. The van der Waals surface area contributed by atoms with Crippen LogP contribution in [0.15, 0.2) is 46.6 Å². The molecule has 2 aromatic heterocycles. The predicted octanol–water partition coefficient (Wildman–Crippen LogP) is 3.07. The number of aryl methyl sites for hydroxylation is 2. The average molecular weight is 410 g/mol. The Kier molecular flexibility index (Phi) is 5.44. The van der Waals surface area contributed by atoms with Crippen molar-refractivity contribution < 1.29 is 4.79 Å². The molecule has 1 aliphatic rings. The summed E-state index contributed by atoms with van der Waals surface area (Å²) in [5.74, 6) is 0.579. The lowest BCUT2D eigenvalue weighted by Crippen LogP contribution is -2.41. The van der Waals surface area contributed by atoms with Gasteiger partial charge in [0, 0.05) is 37.1 Å². The summed E-state index contributed by atoms with van der Waals surface area (Å²) in [5, 5.41) is 10.4. The quantitative estimate of drug-likeness (QED) is 0.716. The van der Waals surface area contributed by atoms with E-state index in [2.05, 4.69) is 20.3 Å². The van der Waals surface area contributed by atoms with Crippen LogP contribution in [0, 0.1) is 12.8 Å². The van der Waals surface area contributed by atoms with Gasteiger partial charge in [-0.1, -0.05) is 18.2 Å². The molecule has 7 nitrogen and oxygen atoms in total. The maximum atomic E-state index is 13.0. The Labute approximate surface area is 173 Å². The number of benzene rings is 1. The van der Waals surface area contributed by atoms with Crippen LogP contribution in [0.25, 0.3) is 11.3 Å². The molecule has 0 bridgehead atoms. The van der Waals surface area contributed by atoms with E-state index in [9.17, 15) is 9.59 Å². The largest absolute Gasteiger partial charge is 0.354 e. The van der Waals surface area contributed by atoms with Gasteiger partial charge >= 0.3 is 0 Å². The minimum atomic E-state index is -0.145. The number of aromatic nitrogens is 3. The Bertz CT molecular complexity index is 1090. The summed E-state index contributed by atoms with van der Waals surface area (Å²) < 4.78 is 1.32. The number of carbonyl (C=O) groups excluding carboxylic acids is 1. The molecule has 1 aliphatic heterocycles. The van der Waals surface area contributed by atoms with Gasteiger partial charge in [-0.05, 0) is 31.9 Å². The molecule has 1 fully saturated rings. The van der Waals surface area contributed by atoms with Gasteiger partial charge in [-0.25, -0.2) is 9.67 Å². The van der Waals surface area contributed by atoms with Crippen LogP contribution < -0.4 is 15.8 Å². The van der Waals surface area contributed by atoms with Gasteiger partial charge in [-0.2, -0.15) is 5.10 Å². The Morgan fingerprint density at radius 2 is 2.07 bits per heavy atom. The van der Waals surface area contributed by atoms with Crippen LogP contribution in [0.5, 0.6) is 0 Å². The Morgan fingerprint density at radius 3 is 2.83 bits per heavy atom. The van der Waals surface area contributed by atoms with Crippen molar-refractivity contribution in [3.63, 3.8) is 0 Å². The third-order valence-corrected chi connectivity index (χ3v) is 5.92. The lowest BCUT2D eigenvalue weighted by molar-refractivity contribution is -0.120. The molecule has 0 saturated carbocycles. The van der Waals surface area contributed by atoms with Crippen molar-refractivity contribution in [2.45, 2.75) is 19.8 Å². The van der Waals surface area contributed by atoms with Gasteiger partial charge in [0.25, 0.3) is 5.56 Å². The minimum Gasteiger partial charge on any atom is -0.354 e. The number of nitrogens with zero attached hydrogens (tertiary/aromatic N) is 4. The number of amides is 1. The van der Waals surface area contributed by atoms with Crippen molar-refractivity contribution in [1.29, 1.82) is 0 Å². The van der Waals surface area contributed by atoms with E-state index < -0.39 is 0 Å². The molecular weight excluding hydrogens is 386 g/mol. The van der Waals surface area contributed by atoms with Gasteiger partial charge in [0.05, 0.1) is 22.3 Å². The van der Waals surface area contributed by atoms with Crippen LogP contribution in [0.1, 0.15) is 17.8 Å². The van der Waals surface area contributed by atoms with Gasteiger partial charge in [-0.3, -0.25) is 9.59 Å². The van der Waals surface area contributed by atoms with Crippen LogP contribution in [0.4, 0.5) is 11.5 Å². The Morgan fingerprint density at radius 1 is 1.24 bits per heavy atom. The van der Waals surface area contributed by atoms with Gasteiger partial charge in [0.15, 0.2) is 0 Å². The summed E-state index contributed by atoms with van der Waals surface area (Å²) in [6.07, 6.45) is 1.72. The maximum Gasteiger partial charge on any atom is 0.266 e. The SMILES string of the molecule is Cc1nc(-c2ccccc2NC(=O)[C@H]2CCCN(c3ccc(=O)n(C)n3)C2)cs1. The lowest BCUT2D eigenvalue weighted by atomic mass is 9.96. The van der Waals surface area contributed by atoms with Crippen molar-refractivity contribution in [3.05, 3.63) is 57.1 Å². The van der Waals surface area contributed by atoms with Crippen LogP contribution >= 0.6 is 11.3 Å². The second-order valence-corrected chi connectivity index (χ2v) is 8.29. The molecule has 0 spiro atoms. The number of anilines is 2. The molecule has 3 heterocycles. The van der Waals surface area contributed by atoms with Crippen LogP contribution in [0.2, 0.25) is 0 Å². The smallest absolute Gasteiger partial charge is 0.266 e. The van der Waals surface area contributed by atoms with E-state index in [1.54, 1.807) is 24.5 Å². The summed E-state index contributed by atoms with van der Waals surface area (Å²) in [6.45, 7) is 3.37. The highest BCUT2D eigenvalue weighted by Gasteiger charge is 2.27. The number of rotatable bonds is 4.